The molecule has 1 amide bonds. The Morgan fingerprint density at radius 3 is 2.33 bits per heavy atom. The normalized spacial score (nSPS) is 22.9. The lowest BCUT2D eigenvalue weighted by Crippen LogP contribution is -2.41. The maximum Gasteiger partial charge on any atom is 0.496 e. The van der Waals surface area contributed by atoms with Crippen LogP contribution in [0.25, 0.3) is 0 Å². The van der Waals surface area contributed by atoms with Gasteiger partial charge in [0.1, 0.15) is 0 Å². The molecule has 0 atom stereocenters. The highest BCUT2D eigenvalue weighted by molar-refractivity contribution is 6.66. The molecule has 21 heavy (non-hydrogen) atoms. The fourth-order valence-corrected chi connectivity index (χ4v) is 3.08. The Kier molecular flexibility index (Phi) is 3.17. The van der Waals surface area contributed by atoms with Crippen LogP contribution in [-0.2, 0) is 20.5 Å². The van der Waals surface area contributed by atoms with Crippen LogP contribution in [0.15, 0.2) is 12.1 Å². The Morgan fingerprint density at radius 2 is 1.76 bits per heavy atom. The molecule has 1 saturated heterocycles. The van der Waals surface area contributed by atoms with Gasteiger partial charge in [-0.3, -0.25) is 4.79 Å². The summed E-state index contributed by atoms with van der Waals surface area (Å²) in [4.78, 5) is 13.4. The number of hydrogen-bond acceptors (Lipinski definition) is 3. The lowest BCUT2D eigenvalue weighted by molar-refractivity contribution is -0.117. The zero-order valence-corrected chi connectivity index (χ0v) is 13.7. The van der Waals surface area contributed by atoms with E-state index in [1.165, 1.54) is 0 Å². The predicted molar refractivity (Wildman–Crippen MR) is 84.3 cm³/mol. The first-order valence-corrected chi connectivity index (χ1v) is 7.45. The smallest absolute Gasteiger partial charge is 0.399 e. The van der Waals surface area contributed by atoms with Gasteiger partial charge in [-0.15, -0.1) is 0 Å². The van der Waals surface area contributed by atoms with Crippen molar-refractivity contribution in [3.63, 3.8) is 0 Å². The van der Waals surface area contributed by atoms with E-state index in [-0.39, 0.29) is 5.91 Å². The summed E-state index contributed by atoms with van der Waals surface area (Å²) in [5.41, 5.74) is 1.67. The fourth-order valence-electron chi connectivity index (χ4n) is 2.68. The molecule has 0 saturated carbocycles. The third-order valence-electron chi connectivity index (χ3n) is 4.79. The van der Waals surface area contributed by atoms with Crippen molar-refractivity contribution in [2.24, 2.45) is 0 Å². The van der Waals surface area contributed by atoms with Gasteiger partial charge < -0.3 is 14.2 Å². The first-order valence-electron chi connectivity index (χ1n) is 7.07. The molecule has 6 heteroatoms. The highest BCUT2D eigenvalue weighted by atomic mass is 35.5. The Hall–Kier alpha value is -1.04. The van der Waals surface area contributed by atoms with E-state index in [4.69, 9.17) is 20.9 Å². The molecule has 1 aromatic carbocycles. The molecular weight excluding hydrogens is 288 g/mol. The average molecular weight is 308 g/mol. The standard InChI is InChI=1S/C15H19BClNO3/c1-14(2)15(3,4)21-16(20-14)10-7-6-9-8-11(19)18(5)13(9)12(10)17/h6-7H,8H2,1-5H3. The second kappa shape index (κ2) is 4.48. The Balaban J connectivity index is 2.02. The van der Waals surface area contributed by atoms with Gasteiger partial charge in [0.15, 0.2) is 0 Å². The topological polar surface area (TPSA) is 38.8 Å². The Morgan fingerprint density at radius 1 is 1.19 bits per heavy atom. The third kappa shape index (κ3) is 2.10. The van der Waals surface area contributed by atoms with E-state index >= 15 is 0 Å². The molecule has 112 valence electrons. The molecule has 2 heterocycles. The lowest BCUT2D eigenvalue weighted by Gasteiger charge is -2.32. The van der Waals surface area contributed by atoms with Crippen LogP contribution in [-0.4, -0.2) is 31.3 Å². The van der Waals surface area contributed by atoms with E-state index in [1.54, 1.807) is 11.9 Å². The van der Waals surface area contributed by atoms with Gasteiger partial charge in [0.05, 0.1) is 28.3 Å². The van der Waals surface area contributed by atoms with Gasteiger partial charge in [0, 0.05) is 12.5 Å². The summed E-state index contributed by atoms with van der Waals surface area (Å²) in [6, 6.07) is 3.83. The molecular formula is C15H19BClNO3. The maximum absolute atomic E-state index is 11.8. The highest BCUT2D eigenvalue weighted by Gasteiger charge is 2.52. The summed E-state index contributed by atoms with van der Waals surface area (Å²) in [6.45, 7) is 8.02. The molecule has 2 aliphatic rings. The van der Waals surface area contributed by atoms with E-state index < -0.39 is 18.3 Å². The van der Waals surface area contributed by atoms with Crippen LogP contribution >= 0.6 is 11.6 Å². The van der Waals surface area contributed by atoms with E-state index in [0.717, 1.165) is 16.7 Å². The number of benzene rings is 1. The van der Waals surface area contributed by atoms with Crippen molar-refractivity contribution in [3.8, 4) is 0 Å². The van der Waals surface area contributed by atoms with Crippen LogP contribution in [0.3, 0.4) is 0 Å². The monoisotopic (exact) mass is 307 g/mol. The second-order valence-corrected chi connectivity index (χ2v) is 7.07. The molecule has 1 aromatic rings. The summed E-state index contributed by atoms with van der Waals surface area (Å²) in [6.07, 6.45) is 0.398. The number of carbonyl (C=O) groups is 1. The first kappa shape index (κ1) is 14.9. The van der Waals surface area contributed by atoms with Crippen molar-refractivity contribution in [1.29, 1.82) is 0 Å². The lowest BCUT2D eigenvalue weighted by atomic mass is 9.78. The number of anilines is 1. The fraction of sp³-hybridized carbons (Fsp3) is 0.533. The Labute approximate surface area is 130 Å². The van der Waals surface area contributed by atoms with Crippen LogP contribution in [0.5, 0.6) is 0 Å². The molecule has 3 rings (SSSR count). The SMILES string of the molecule is CN1C(=O)Cc2ccc(B3OC(C)(C)C(C)(C)O3)c(Cl)c21. The zero-order valence-electron chi connectivity index (χ0n) is 13.0. The van der Waals surface area contributed by atoms with Gasteiger partial charge in [0.25, 0.3) is 0 Å². The number of hydrogen-bond donors (Lipinski definition) is 0. The molecule has 0 unspecified atom stereocenters. The first-order chi connectivity index (χ1) is 9.64. The average Bonchev–Trinajstić information content (AvgIpc) is 2.75. The number of fused-ring (bicyclic) bond motifs is 1. The van der Waals surface area contributed by atoms with E-state index in [9.17, 15) is 4.79 Å². The van der Waals surface area contributed by atoms with E-state index in [1.807, 2.05) is 39.8 Å². The Bertz CT molecular complexity index is 614. The number of carbonyl (C=O) groups excluding carboxylic acids is 1. The zero-order chi connectivity index (χ0) is 15.6. The number of nitrogens with zero attached hydrogens (tertiary/aromatic N) is 1. The molecule has 2 aliphatic heterocycles. The molecule has 0 aliphatic carbocycles. The van der Waals surface area contributed by atoms with Crippen LogP contribution in [0, 0.1) is 0 Å². The highest BCUT2D eigenvalue weighted by Crippen LogP contribution is 2.39. The minimum Gasteiger partial charge on any atom is -0.399 e. The van der Waals surface area contributed by atoms with Gasteiger partial charge in [0.2, 0.25) is 5.91 Å². The van der Waals surface area contributed by atoms with E-state index in [2.05, 4.69) is 0 Å². The van der Waals surface area contributed by atoms with Crippen molar-refractivity contribution in [1.82, 2.24) is 0 Å². The van der Waals surface area contributed by atoms with Crippen molar-refractivity contribution < 1.29 is 14.1 Å². The summed E-state index contributed by atoms with van der Waals surface area (Å²) in [7, 11) is 1.23. The van der Waals surface area contributed by atoms with Gasteiger partial charge >= 0.3 is 7.12 Å². The van der Waals surface area contributed by atoms with Gasteiger partial charge in [-0.2, -0.15) is 0 Å². The van der Waals surface area contributed by atoms with Crippen LogP contribution in [0.1, 0.15) is 33.3 Å². The summed E-state index contributed by atoms with van der Waals surface area (Å²) in [5.74, 6) is 0.0537. The summed E-state index contributed by atoms with van der Waals surface area (Å²) >= 11 is 6.53. The largest absolute Gasteiger partial charge is 0.496 e. The summed E-state index contributed by atoms with van der Waals surface area (Å²) < 4.78 is 12.1. The summed E-state index contributed by atoms with van der Waals surface area (Å²) in [5, 5.41) is 0.541. The number of halogens is 1. The molecule has 0 bridgehead atoms. The number of amides is 1. The number of likely N-dealkylation sites (N-methyl/N-ethyl adjacent to an activating group) is 1. The molecule has 0 N–H and O–H groups in total. The predicted octanol–water partition coefficient (Wildman–Crippen LogP) is 2.16. The molecule has 4 nitrogen and oxygen atoms in total. The van der Waals surface area contributed by atoms with Crippen molar-refractivity contribution >= 4 is 35.8 Å². The van der Waals surface area contributed by atoms with Gasteiger partial charge in [-0.1, -0.05) is 23.7 Å². The van der Waals surface area contributed by atoms with Gasteiger partial charge in [-0.25, -0.2) is 0 Å². The second-order valence-electron chi connectivity index (χ2n) is 6.69. The van der Waals surface area contributed by atoms with E-state index in [0.29, 0.717) is 11.4 Å². The molecule has 0 spiro atoms. The molecule has 1 fully saturated rings. The van der Waals surface area contributed by atoms with Crippen LogP contribution in [0.4, 0.5) is 5.69 Å². The maximum atomic E-state index is 11.8. The minimum atomic E-state index is -0.517. The van der Waals surface area contributed by atoms with Crippen LogP contribution in [0.2, 0.25) is 5.02 Å². The number of rotatable bonds is 1. The van der Waals surface area contributed by atoms with Crippen molar-refractivity contribution in [3.05, 3.63) is 22.7 Å². The van der Waals surface area contributed by atoms with Crippen molar-refractivity contribution in [2.45, 2.75) is 45.3 Å². The minimum absolute atomic E-state index is 0.0537. The quantitative estimate of drug-likeness (QED) is 0.746. The van der Waals surface area contributed by atoms with Gasteiger partial charge in [-0.05, 0) is 33.3 Å². The van der Waals surface area contributed by atoms with Crippen LogP contribution < -0.4 is 10.4 Å². The van der Waals surface area contributed by atoms with Crippen molar-refractivity contribution in [2.75, 3.05) is 11.9 Å². The molecule has 0 radical (unpaired) electrons. The molecule has 0 aromatic heterocycles. The third-order valence-corrected chi connectivity index (χ3v) is 5.19.